The summed E-state index contributed by atoms with van der Waals surface area (Å²) in [5, 5.41) is 0.526. The normalized spacial score (nSPS) is 14.2. The molecule has 0 bridgehead atoms. The molecule has 190 valence electrons. The Hall–Kier alpha value is -2.81. The van der Waals surface area contributed by atoms with Crippen molar-refractivity contribution >= 4 is 23.8 Å². The number of nitrogens with zero attached hydrogens (tertiary/aromatic N) is 4. The van der Waals surface area contributed by atoms with Crippen molar-refractivity contribution in [3.63, 3.8) is 0 Å². The fourth-order valence-electron chi connectivity index (χ4n) is 3.96. The maximum Gasteiger partial charge on any atom is 0.409 e. The van der Waals surface area contributed by atoms with Crippen molar-refractivity contribution in [2.24, 2.45) is 7.05 Å². The lowest BCUT2D eigenvalue weighted by Crippen LogP contribution is -2.51. The standard InChI is InChI=1S/C26H36N4O4S/c1-7-34-25(33)30-14-12-29(13-15-30)22(31)17-35-24-27-18(2)21(23(32)28(24)6)16-19-8-10-20(11-9-19)26(3,4)5/h8-11H,7,12-17H2,1-6H3. The molecule has 0 aliphatic carbocycles. The molecule has 2 aromatic rings. The van der Waals surface area contributed by atoms with Gasteiger partial charge in [-0.2, -0.15) is 0 Å². The average Bonchev–Trinajstić information content (AvgIpc) is 2.83. The van der Waals surface area contributed by atoms with Crippen molar-refractivity contribution in [3.05, 3.63) is 57.0 Å². The minimum absolute atomic E-state index is 0.0339. The lowest BCUT2D eigenvalue weighted by Gasteiger charge is -2.34. The van der Waals surface area contributed by atoms with E-state index in [9.17, 15) is 14.4 Å². The second kappa shape index (κ2) is 11.3. The van der Waals surface area contributed by atoms with Gasteiger partial charge in [-0.05, 0) is 30.4 Å². The molecule has 1 saturated heterocycles. The Morgan fingerprint density at radius 1 is 1.06 bits per heavy atom. The smallest absolute Gasteiger partial charge is 0.409 e. The lowest BCUT2D eigenvalue weighted by molar-refractivity contribution is -0.129. The van der Waals surface area contributed by atoms with Crippen LogP contribution in [0.4, 0.5) is 4.79 Å². The monoisotopic (exact) mass is 500 g/mol. The van der Waals surface area contributed by atoms with Gasteiger partial charge in [-0.25, -0.2) is 9.78 Å². The molecular weight excluding hydrogens is 464 g/mol. The van der Waals surface area contributed by atoms with Gasteiger partial charge in [0.05, 0.1) is 12.4 Å². The van der Waals surface area contributed by atoms with Crippen molar-refractivity contribution in [1.82, 2.24) is 19.4 Å². The third-order valence-corrected chi connectivity index (χ3v) is 7.25. The number of aryl methyl sites for hydroxylation is 1. The number of carbonyl (C=O) groups excluding carboxylic acids is 2. The molecule has 1 aromatic heterocycles. The van der Waals surface area contributed by atoms with E-state index in [1.54, 1.807) is 23.8 Å². The van der Waals surface area contributed by atoms with Crippen LogP contribution in [0.5, 0.6) is 0 Å². The van der Waals surface area contributed by atoms with Crippen LogP contribution < -0.4 is 5.56 Å². The number of rotatable bonds is 6. The van der Waals surface area contributed by atoms with Gasteiger partial charge in [0.25, 0.3) is 5.56 Å². The van der Waals surface area contributed by atoms with Crippen LogP contribution in [0.15, 0.2) is 34.2 Å². The Morgan fingerprint density at radius 3 is 2.23 bits per heavy atom. The minimum Gasteiger partial charge on any atom is -0.450 e. The van der Waals surface area contributed by atoms with Crippen molar-refractivity contribution in [2.75, 3.05) is 38.5 Å². The van der Waals surface area contributed by atoms with E-state index in [0.29, 0.717) is 55.6 Å². The molecule has 2 amide bonds. The fraction of sp³-hybridized carbons (Fsp3) is 0.538. The number of ether oxygens (including phenoxy) is 1. The average molecular weight is 501 g/mol. The zero-order chi connectivity index (χ0) is 25.8. The van der Waals surface area contributed by atoms with E-state index in [1.807, 2.05) is 6.92 Å². The second-order valence-corrected chi connectivity index (χ2v) is 10.7. The molecule has 1 aliphatic rings. The quantitative estimate of drug-likeness (QED) is 0.447. The maximum absolute atomic E-state index is 13.1. The molecular formula is C26H36N4O4S. The van der Waals surface area contributed by atoms with E-state index in [0.717, 1.165) is 5.56 Å². The van der Waals surface area contributed by atoms with Crippen LogP contribution in [-0.4, -0.2) is 69.9 Å². The van der Waals surface area contributed by atoms with Gasteiger partial charge in [-0.3, -0.25) is 14.2 Å². The summed E-state index contributed by atoms with van der Waals surface area (Å²) in [7, 11) is 1.70. The zero-order valence-electron chi connectivity index (χ0n) is 21.6. The minimum atomic E-state index is -0.339. The Morgan fingerprint density at radius 2 is 1.66 bits per heavy atom. The molecule has 2 heterocycles. The Labute approximate surface area is 211 Å². The highest BCUT2D eigenvalue weighted by Crippen LogP contribution is 2.23. The first-order valence-corrected chi connectivity index (χ1v) is 13.0. The first-order valence-electron chi connectivity index (χ1n) is 12.0. The number of aromatic nitrogens is 2. The number of thioether (sulfide) groups is 1. The van der Waals surface area contributed by atoms with Crippen molar-refractivity contribution in [1.29, 1.82) is 0 Å². The third-order valence-electron chi connectivity index (χ3n) is 6.23. The van der Waals surface area contributed by atoms with Gasteiger partial charge in [0.1, 0.15) is 0 Å². The van der Waals surface area contributed by atoms with E-state index >= 15 is 0 Å². The molecule has 0 atom stereocenters. The molecule has 0 N–H and O–H groups in total. The molecule has 1 fully saturated rings. The van der Waals surface area contributed by atoms with Gasteiger partial charge in [-0.1, -0.05) is 56.8 Å². The summed E-state index contributed by atoms with van der Waals surface area (Å²) in [6.45, 7) is 12.3. The summed E-state index contributed by atoms with van der Waals surface area (Å²) in [6.07, 6.45) is 0.179. The van der Waals surface area contributed by atoms with Crippen molar-refractivity contribution in [2.45, 2.75) is 51.6 Å². The Bertz CT molecular complexity index is 1110. The highest BCUT2D eigenvalue weighted by atomic mass is 32.2. The Kier molecular flexibility index (Phi) is 8.64. The number of piperazine rings is 1. The van der Waals surface area contributed by atoms with Gasteiger partial charge in [-0.15, -0.1) is 0 Å². The molecule has 0 spiro atoms. The van der Waals surface area contributed by atoms with Gasteiger partial charge in [0.15, 0.2) is 5.16 Å². The fourth-order valence-corrected chi connectivity index (χ4v) is 4.87. The summed E-state index contributed by atoms with van der Waals surface area (Å²) in [5.41, 5.74) is 3.67. The van der Waals surface area contributed by atoms with Gasteiger partial charge < -0.3 is 14.5 Å². The molecule has 1 aliphatic heterocycles. The highest BCUT2D eigenvalue weighted by molar-refractivity contribution is 7.99. The number of carbonyl (C=O) groups is 2. The Balaban J connectivity index is 1.62. The van der Waals surface area contributed by atoms with E-state index in [-0.39, 0.29) is 28.7 Å². The molecule has 9 heteroatoms. The number of hydrogen-bond acceptors (Lipinski definition) is 6. The summed E-state index contributed by atoms with van der Waals surface area (Å²) in [4.78, 5) is 45.7. The molecule has 0 saturated carbocycles. The number of hydrogen-bond donors (Lipinski definition) is 0. The molecule has 1 aromatic carbocycles. The highest BCUT2D eigenvalue weighted by Gasteiger charge is 2.25. The van der Waals surface area contributed by atoms with Crippen molar-refractivity contribution in [3.8, 4) is 0 Å². The molecule has 3 rings (SSSR count). The van der Waals surface area contributed by atoms with Crippen molar-refractivity contribution < 1.29 is 14.3 Å². The summed E-state index contributed by atoms with van der Waals surface area (Å²) in [5.74, 6) is 0.153. The van der Waals surface area contributed by atoms with Gasteiger partial charge in [0, 0.05) is 50.9 Å². The van der Waals surface area contributed by atoms with E-state index in [4.69, 9.17) is 4.74 Å². The predicted octanol–water partition coefficient (Wildman–Crippen LogP) is 3.37. The largest absolute Gasteiger partial charge is 0.450 e. The topological polar surface area (TPSA) is 84.7 Å². The van der Waals surface area contributed by atoms with Crippen LogP contribution in [-0.2, 0) is 28.4 Å². The molecule has 0 radical (unpaired) electrons. The number of amides is 2. The van der Waals surface area contributed by atoms with E-state index in [2.05, 4.69) is 50.0 Å². The summed E-state index contributed by atoms with van der Waals surface area (Å²) in [6, 6.07) is 8.38. The van der Waals surface area contributed by atoms with E-state index in [1.165, 1.54) is 21.9 Å². The first-order chi connectivity index (χ1) is 16.5. The molecule has 8 nitrogen and oxygen atoms in total. The SMILES string of the molecule is CCOC(=O)N1CCN(C(=O)CSc2nc(C)c(Cc3ccc(C(C)(C)C)cc3)c(=O)n2C)CC1. The molecule has 0 unspecified atom stereocenters. The van der Waals surface area contributed by atoms with Gasteiger partial charge >= 0.3 is 6.09 Å². The van der Waals surface area contributed by atoms with Crippen LogP contribution in [0.3, 0.4) is 0 Å². The van der Waals surface area contributed by atoms with E-state index < -0.39 is 0 Å². The predicted molar refractivity (Wildman–Crippen MR) is 138 cm³/mol. The lowest BCUT2D eigenvalue weighted by atomic mass is 9.86. The van der Waals surface area contributed by atoms with Crippen LogP contribution in [0, 0.1) is 6.92 Å². The number of benzene rings is 1. The second-order valence-electron chi connectivity index (χ2n) is 9.80. The van der Waals surface area contributed by atoms with Crippen LogP contribution in [0.2, 0.25) is 0 Å². The van der Waals surface area contributed by atoms with Crippen LogP contribution in [0.25, 0.3) is 0 Å². The third kappa shape index (κ3) is 6.66. The maximum atomic E-state index is 13.1. The van der Waals surface area contributed by atoms with Gasteiger partial charge in [0.2, 0.25) is 5.91 Å². The summed E-state index contributed by atoms with van der Waals surface area (Å²) >= 11 is 1.27. The van der Waals surface area contributed by atoms with Crippen LogP contribution >= 0.6 is 11.8 Å². The summed E-state index contributed by atoms with van der Waals surface area (Å²) < 4.78 is 6.55. The zero-order valence-corrected chi connectivity index (χ0v) is 22.4. The van der Waals surface area contributed by atoms with Crippen LogP contribution in [0.1, 0.15) is 50.1 Å². The first kappa shape index (κ1) is 26.8. The molecule has 35 heavy (non-hydrogen) atoms.